The number of halogens is 1. The van der Waals surface area contributed by atoms with Crippen molar-refractivity contribution < 1.29 is 9.13 Å². The van der Waals surface area contributed by atoms with Gasteiger partial charge in [-0.05, 0) is 50.1 Å². The van der Waals surface area contributed by atoms with E-state index in [1.165, 1.54) is 12.1 Å². The van der Waals surface area contributed by atoms with E-state index in [0.29, 0.717) is 11.6 Å². The Morgan fingerprint density at radius 2 is 2.10 bits per heavy atom. The summed E-state index contributed by atoms with van der Waals surface area (Å²) in [6, 6.07) is 8.56. The van der Waals surface area contributed by atoms with E-state index in [-0.39, 0.29) is 11.9 Å². The number of nitrogens with zero attached hydrogens (tertiary/aromatic N) is 1. The number of rotatable bonds is 6. The van der Waals surface area contributed by atoms with Crippen LogP contribution in [0.25, 0.3) is 0 Å². The van der Waals surface area contributed by atoms with Crippen LogP contribution in [-0.4, -0.2) is 11.5 Å². The van der Waals surface area contributed by atoms with Crippen molar-refractivity contribution in [1.82, 2.24) is 10.3 Å². The molecular formula is C17H21FN2O. The van der Waals surface area contributed by atoms with Gasteiger partial charge in [0, 0.05) is 24.4 Å². The van der Waals surface area contributed by atoms with Crippen molar-refractivity contribution in [2.45, 2.75) is 33.2 Å². The standard InChI is InChI=1S/C17H21FN2O/c1-4-8-19-13(3)14-7-9-20-17(10-14)21-16-11-15(18)6-5-12(16)2/h5-7,9-11,13,19H,4,8H2,1-3H3. The Morgan fingerprint density at radius 1 is 1.29 bits per heavy atom. The summed E-state index contributed by atoms with van der Waals surface area (Å²) in [5.74, 6) is 0.657. The molecule has 1 atom stereocenters. The lowest BCUT2D eigenvalue weighted by molar-refractivity contribution is 0.452. The van der Waals surface area contributed by atoms with Gasteiger partial charge in [-0.2, -0.15) is 0 Å². The molecule has 0 spiro atoms. The fourth-order valence-electron chi connectivity index (χ4n) is 2.03. The Labute approximate surface area is 125 Å². The minimum absolute atomic E-state index is 0.226. The molecule has 1 unspecified atom stereocenters. The highest BCUT2D eigenvalue weighted by Gasteiger charge is 2.08. The van der Waals surface area contributed by atoms with Gasteiger partial charge in [0.2, 0.25) is 5.88 Å². The predicted octanol–water partition coefficient (Wildman–Crippen LogP) is 4.38. The van der Waals surface area contributed by atoms with Gasteiger partial charge in [0.05, 0.1) is 0 Å². The van der Waals surface area contributed by atoms with Gasteiger partial charge in [-0.15, -0.1) is 0 Å². The van der Waals surface area contributed by atoms with E-state index in [1.54, 1.807) is 12.3 Å². The first-order valence-electron chi connectivity index (χ1n) is 7.23. The lowest BCUT2D eigenvalue weighted by atomic mass is 10.1. The average molecular weight is 288 g/mol. The third-order valence-electron chi connectivity index (χ3n) is 3.32. The zero-order valence-corrected chi connectivity index (χ0v) is 12.7. The van der Waals surface area contributed by atoms with Gasteiger partial charge in [0.25, 0.3) is 0 Å². The monoisotopic (exact) mass is 288 g/mol. The first-order chi connectivity index (χ1) is 10.1. The Hall–Kier alpha value is -1.94. The molecule has 0 saturated carbocycles. The smallest absolute Gasteiger partial charge is 0.219 e. The molecule has 3 nitrogen and oxygen atoms in total. The van der Waals surface area contributed by atoms with Crippen LogP contribution in [0, 0.1) is 12.7 Å². The highest BCUT2D eigenvalue weighted by atomic mass is 19.1. The summed E-state index contributed by atoms with van der Waals surface area (Å²) in [4.78, 5) is 4.20. The average Bonchev–Trinajstić information content (AvgIpc) is 2.49. The Balaban J connectivity index is 2.15. The second-order valence-electron chi connectivity index (χ2n) is 5.12. The number of hydrogen-bond donors (Lipinski definition) is 1. The quantitative estimate of drug-likeness (QED) is 0.856. The van der Waals surface area contributed by atoms with E-state index in [0.717, 1.165) is 24.1 Å². The maximum atomic E-state index is 13.3. The molecule has 0 radical (unpaired) electrons. The first kappa shape index (κ1) is 15.4. The third-order valence-corrected chi connectivity index (χ3v) is 3.32. The van der Waals surface area contributed by atoms with E-state index >= 15 is 0 Å². The zero-order chi connectivity index (χ0) is 15.2. The van der Waals surface area contributed by atoms with Crippen LogP contribution in [0.5, 0.6) is 11.6 Å². The van der Waals surface area contributed by atoms with Crippen LogP contribution in [0.15, 0.2) is 36.5 Å². The maximum absolute atomic E-state index is 13.3. The van der Waals surface area contributed by atoms with Crippen LogP contribution >= 0.6 is 0 Å². The summed E-state index contributed by atoms with van der Waals surface area (Å²) in [6.07, 6.45) is 2.80. The van der Waals surface area contributed by atoms with Crippen LogP contribution in [0.3, 0.4) is 0 Å². The van der Waals surface area contributed by atoms with Crippen molar-refractivity contribution >= 4 is 0 Å². The largest absolute Gasteiger partial charge is 0.439 e. The minimum atomic E-state index is -0.315. The summed E-state index contributed by atoms with van der Waals surface area (Å²) >= 11 is 0. The van der Waals surface area contributed by atoms with Crippen molar-refractivity contribution in [3.63, 3.8) is 0 Å². The van der Waals surface area contributed by atoms with Crippen LogP contribution < -0.4 is 10.1 Å². The lowest BCUT2D eigenvalue weighted by Gasteiger charge is -2.15. The number of ether oxygens (including phenoxy) is 1. The summed E-state index contributed by atoms with van der Waals surface area (Å²) in [5, 5.41) is 3.42. The molecule has 1 aromatic heterocycles. The van der Waals surface area contributed by atoms with Crippen LogP contribution in [0.2, 0.25) is 0 Å². The van der Waals surface area contributed by atoms with Crippen molar-refractivity contribution in [1.29, 1.82) is 0 Å². The predicted molar refractivity (Wildman–Crippen MR) is 82.2 cm³/mol. The molecule has 2 aromatic rings. The number of hydrogen-bond acceptors (Lipinski definition) is 3. The van der Waals surface area contributed by atoms with Gasteiger partial charge in [-0.25, -0.2) is 9.37 Å². The first-order valence-corrected chi connectivity index (χ1v) is 7.23. The fraction of sp³-hybridized carbons (Fsp3) is 0.353. The van der Waals surface area contributed by atoms with E-state index < -0.39 is 0 Å². The molecule has 0 bridgehead atoms. The summed E-state index contributed by atoms with van der Waals surface area (Å²) in [5.41, 5.74) is 1.98. The molecule has 1 N–H and O–H groups in total. The van der Waals surface area contributed by atoms with Gasteiger partial charge in [0.15, 0.2) is 0 Å². The maximum Gasteiger partial charge on any atom is 0.219 e. The molecule has 4 heteroatoms. The number of aromatic nitrogens is 1. The number of pyridine rings is 1. The van der Waals surface area contributed by atoms with Crippen LogP contribution in [-0.2, 0) is 0 Å². The molecule has 0 aliphatic carbocycles. The van der Waals surface area contributed by atoms with E-state index in [1.807, 2.05) is 19.1 Å². The molecular weight excluding hydrogens is 267 g/mol. The highest BCUT2D eigenvalue weighted by Crippen LogP contribution is 2.26. The number of benzene rings is 1. The summed E-state index contributed by atoms with van der Waals surface area (Å²) in [7, 11) is 0. The summed E-state index contributed by atoms with van der Waals surface area (Å²) < 4.78 is 19.0. The SMILES string of the molecule is CCCNC(C)c1ccnc(Oc2cc(F)ccc2C)c1. The zero-order valence-electron chi connectivity index (χ0n) is 12.7. The number of aryl methyl sites for hydroxylation is 1. The van der Waals surface area contributed by atoms with Crippen LogP contribution in [0.4, 0.5) is 4.39 Å². The molecule has 2 rings (SSSR count). The molecule has 112 valence electrons. The Bertz CT molecular complexity index is 601. The van der Waals surface area contributed by atoms with Crippen LogP contribution in [0.1, 0.15) is 37.4 Å². The molecule has 1 aromatic carbocycles. The van der Waals surface area contributed by atoms with E-state index in [9.17, 15) is 4.39 Å². The third kappa shape index (κ3) is 4.26. The van der Waals surface area contributed by atoms with Crippen molar-refractivity contribution in [3.05, 3.63) is 53.5 Å². The molecule has 0 saturated heterocycles. The fourth-order valence-corrected chi connectivity index (χ4v) is 2.03. The van der Waals surface area contributed by atoms with E-state index in [4.69, 9.17) is 4.74 Å². The second-order valence-corrected chi connectivity index (χ2v) is 5.12. The van der Waals surface area contributed by atoms with Gasteiger partial charge < -0.3 is 10.1 Å². The Morgan fingerprint density at radius 3 is 2.86 bits per heavy atom. The molecule has 0 fully saturated rings. The number of nitrogens with one attached hydrogen (secondary N) is 1. The van der Waals surface area contributed by atoms with Gasteiger partial charge in [0.1, 0.15) is 11.6 Å². The lowest BCUT2D eigenvalue weighted by Crippen LogP contribution is -2.19. The summed E-state index contributed by atoms with van der Waals surface area (Å²) in [6.45, 7) is 7.07. The molecule has 0 aliphatic heterocycles. The topological polar surface area (TPSA) is 34.2 Å². The minimum Gasteiger partial charge on any atom is -0.439 e. The molecule has 0 amide bonds. The van der Waals surface area contributed by atoms with E-state index in [2.05, 4.69) is 24.1 Å². The highest BCUT2D eigenvalue weighted by molar-refractivity contribution is 5.36. The van der Waals surface area contributed by atoms with Crippen molar-refractivity contribution in [2.24, 2.45) is 0 Å². The van der Waals surface area contributed by atoms with Crippen molar-refractivity contribution in [3.8, 4) is 11.6 Å². The molecule has 21 heavy (non-hydrogen) atoms. The van der Waals surface area contributed by atoms with Gasteiger partial charge in [-0.1, -0.05) is 13.0 Å². The molecule has 1 heterocycles. The Kier molecular flexibility index (Phi) is 5.28. The van der Waals surface area contributed by atoms with Gasteiger partial charge in [-0.3, -0.25) is 0 Å². The van der Waals surface area contributed by atoms with Crippen molar-refractivity contribution in [2.75, 3.05) is 6.54 Å². The second kappa shape index (κ2) is 7.18. The van der Waals surface area contributed by atoms with Gasteiger partial charge >= 0.3 is 0 Å². The normalized spacial score (nSPS) is 12.2. The molecule has 0 aliphatic rings.